The zero-order valence-electron chi connectivity index (χ0n) is 16.4. The standard InChI is InChI=1S/C23H19N3O4/c1-14(27)16-7-8-19-21(11-16)30-23(24-19)20-9-10-22(26-25-20)29-18-4-2-3-17(12-18)28-13-15-5-6-15/h2-4,7-12,15H,5-6,13H2,1H3. The van der Waals surface area contributed by atoms with Crippen LogP contribution in [-0.2, 0) is 0 Å². The molecule has 2 heterocycles. The molecule has 7 heteroatoms. The van der Waals surface area contributed by atoms with Crippen molar-refractivity contribution < 1.29 is 18.7 Å². The van der Waals surface area contributed by atoms with Crippen LogP contribution in [0.1, 0.15) is 30.1 Å². The Kier molecular flexibility index (Phi) is 4.63. The second-order valence-corrected chi connectivity index (χ2v) is 7.35. The summed E-state index contributed by atoms with van der Waals surface area (Å²) in [4.78, 5) is 15.9. The fraction of sp³-hybridized carbons (Fsp3) is 0.217. The number of ketones is 1. The van der Waals surface area contributed by atoms with Crippen LogP contribution in [-0.4, -0.2) is 27.6 Å². The smallest absolute Gasteiger partial charge is 0.248 e. The molecule has 1 aliphatic rings. The number of hydrogen-bond acceptors (Lipinski definition) is 7. The molecule has 150 valence electrons. The van der Waals surface area contributed by atoms with E-state index in [2.05, 4.69) is 15.2 Å². The van der Waals surface area contributed by atoms with Crippen molar-refractivity contribution in [1.82, 2.24) is 15.2 Å². The monoisotopic (exact) mass is 401 g/mol. The Hall–Kier alpha value is -3.74. The van der Waals surface area contributed by atoms with Gasteiger partial charge in [0.15, 0.2) is 11.4 Å². The Morgan fingerprint density at radius 2 is 1.93 bits per heavy atom. The molecule has 1 fully saturated rings. The predicted octanol–water partition coefficient (Wildman–Crippen LogP) is 5.07. The van der Waals surface area contributed by atoms with Gasteiger partial charge >= 0.3 is 0 Å². The summed E-state index contributed by atoms with van der Waals surface area (Å²) in [7, 11) is 0. The normalized spacial score (nSPS) is 13.4. The highest BCUT2D eigenvalue weighted by Gasteiger charge is 2.22. The van der Waals surface area contributed by atoms with E-state index in [1.807, 2.05) is 24.3 Å². The number of carbonyl (C=O) groups is 1. The minimum absolute atomic E-state index is 0.0295. The topological polar surface area (TPSA) is 87.3 Å². The molecule has 0 saturated heterocycles. The number of fused-ring (bicyclic) bond motifs is 1. The lowest BCUT2D eigenvalue weighted by Crippen LogP contribution is -1.99. The molecule has 0 N–H and O–H groups in total. The van der Waals surface area contributed by atoms with Gasteiger partial charge in [-0.15, -0.1) is 10.2 Å². The molecule has 4 aromatic rings. The number of Topliss-reactive ketones (excluding diaryl/α,β-unsaturated/α-hetero) is 1. The average molecular weight is 401 g/mol. The zero-order valence-corrected chi connectivity index (χ0v) is 16.4. The Balaban J connectivity index is 1.31. The summed E-state index contributed by atoms with van der Waals surface area (Å²) in [6.45, 7) is 2.26. The van der Waals surface area contributed by atoms with Crippen molar-refractivity contribution in [3.8, 4) is 29.0 Å². The van der Waals surface area contributed by atoms with E-state index in [-0.39, 0.29) is 5.78 Å². The van der Waals surface area contributed by atoms with Gasteiger partial charge in [0.05, 0.1) is 6.61 Å². The maximum absolute atomic E-state index is 11.5. The molecule has 30 heavy (non-hydrogen) atoms. The quantitative estimate of drug-likeness (QED) is 0.400. The molecule has 1 saturated carbocycles. The first kappa shape index (κ1) is 18.3. The van der Waals surface area contributed by atoms with Crippen molar-refractivity contribution in [1.29, 1.82) is 0 Å². The number of benzene rings is 2. The maximum Gasteiger partial charge on any atom is 0.248 e. The minimum atomic E-state index is -0.0295. The number of rotatable bonds is 7. The van der Waals surface area contributed by atoms with E-state index in [1.165, 1.54) is 19.8 Å². The predicted molar refractivity (Wildman–Crippen MR) is 110 cm³/mol. The summed E-state index contributed by atoms with van der Waals surface area (Å²) in [5, 5.41) is 8.27. The summed E-state index contributed by atoms with van der Waals surface area (Å²) in [5.74, 6) is 2.75. The van der Waals surface area contributed by atoms with Gasteiger partial charge in [0.25, 0.3) is 0 Å². The molecule has 1 aliphatic carbocycles. The molecule has 0 bridgehead atoms. The van der Waals surface area contributed by atoms with Crippen LogP contribution in [0.3, 0.4) is 0 Å². The van der Waals surface area contributed by atoms with Crippen LogP contribution in [0.2, 0.25) is 0 Å². The Bertz CT molecular complexity index is 1210. The van der Waals surface area contributed by atoms with Gasteiger partial charge in [-0.25, -0.2) is 4.98 Å². The fourth-order valence-corrected chi connectivity index (χ4v) is 2.99. The lowest BCUT2D eigenvalue weighted by molar-refractivity contribution is 0.101. The number of nitrogens with zero attached hydrogens (tertiary/aromatic N) is 3. The molecular weight excluding hydrogens is 382 g/mol. The molecule has 0 aliphatic heterocycles. The Morgan fingerprint density at radius 1 is 1.07 bits per heavy atom. The number of oxazole rings is 1. The van der Waals surface area contributed by atoms with Gasteiger partial charge in [0.1, 0.15) is 22.7 Å². The third-order valence-corrected chi connectivity index (χ3v) is 4.86. The maximum atomic E-state index is 11.5. The minimum Gasteiger partial charge on any atom is -0.493 e. The van der Waals surface area contributed by atoms with Crippen molar-refractivity contribution in [2.75, 3.05) is 6.61 Å². The number of ether oxygens (including phenoxy) is 2. The summed E-state index contributed by atoms with van der Waals surface area (Å²) < 4.78 is 17.3. The van der Waals surface area contributed by atoms with Crippen molar-refractivity contribution in [2.24, 2.45) is 5.92 Å². The lowest BCUT2D eigenvalue weighted by atomic mass is 10.1. The Labute approximate surface area is 172 Å². The Morgan fingerprint density at radius 3 is 2.70 bits per heavy atom. The van der Waals surface area contributed by atoms with Gasteiger partial charge in [-0.05, 0) is 62.1 Å². The van der Waals surface area contributed by atoms with Crippen LogP contribution in [0, 0.1) is 5.92 Å². The van der Waals surface area contributed by atoms with E-state index in [0.29, 0.717) is 45.8 Å². The van der Waals surface area contributed by atoms with E-state index in [0.717, 1.165) is 12.4 Å². The molecule has 0 radical (unpaired) electrons. The highest BCUT2D eigenvalue weighted by Crippen LogP contribution is 2.31. The first-order chi connectivity index (χ1) is 14.6. The second-order valence-electron chi connectivity index (χ2n) is 7.35. The molecule has 0 spiro atoms. The highest BCUT2D eigenvalue weighted by atomic mass is 16.5. The SMILES string of the molecule is CC(=O)c1ccc2nc(-c3ccc(Oc4cccc(OCC5CC5)c4)nn3)oc2c1. The molecule has 0 unspecified atom stereocenters. The van der Waals surface area contributed by atoms with Crippen molar-refractivity contribution in [3.63, 3.8) is 0 Å². The van der Waals surface area contributed by atoms with Gasteiger partial charge < -0.3 is 13.9 Å². The van der Waals surface area contributed by atoms with E-state index >= 15 is 0 Å². The van der Waals surface area contributed by atoms with Gasteiger partial charge in [0.2, 0.25) is 11.8 Å². The van der Waals surface area contributed by atoms with Gasteiger partial charge in [-0.2, -0.15) is 0 Å². The lowest BCUT2D eigenvalue weighted by Gasteiger charge is -2.08. The van der Waals surface area contributed by atoms with Gasteiger partial charge in [-0.1, -0.05) is 6.07 Å². The van der Waals surface area contributed by atoms with Crippen LogP contribution in [0.15, 0.2) is 59.0 Å². The molecule has 5 rings (SSSR count). The fourth-order valence-electron chi connectivity index (χ4n) is 2.99. The third kappa shape index (κ3) is 4.00. The van der Waals surface area contributed by atoms with Crippen LogP contribution in [0.25, 0.3) is 22.7 Å². The van der Waals surface area contributed by atoms with Crippen molar-refractivity contribution >= 4 is 16.9 Å². The van der Waals surface area contributed by atoms with E-state index in [4.69, 9.17) is 13.9 Å². The third-order valence-electron chi connectivity index (χ3n) is 4.86. The summed E-state index contributed by atoms with van der Waals surface area (Å²) in [6, 6.07) is 16.1. The molecule has 0 amide bonds. The number of carbonyl (C=O) groups excluding carboxylic acids is 1. The summed E-state index contributed by atoms with van der Waals surface area (Å²) in [6.07, 6.45) is 2.49. The average Bonchev–Trinajstić information content (AvgIpc) is 3.49. The molecule has 2 aromatic carbocycles. The molecule has 0 atom stereocenters. The van der Waals surface area contributed by atoms with E-state index < -0.39 is 0 Å². The summed E-state index contributed by atoms with van der Waals surface area (Å²) >= 11 is 0. The second kappa shape index (κ2) is 7.59. The first-order valence-corrected chi connectivity index (χ1v) is 9.80. The zero-order chi connectivity index (χ0) is 20.5. The molecule has 7 nitrogen and oxygen atoms in total. The highest BCUT2D eigenvalue weighted by molar-refractivity contribution is 5.97. The van der Waals surface area contributed by atoms with Crippen LogP contribution in [0.5, 0.6) is 17.4 Å². The van der Waals surface area contributed by atoms with Gasteiger partial charge in [-0.3, -0.25) is 4.79 Å². The molecular formula is C23H19N3O4. The van der Waals surface area contributed by atoms with E-state index in [1.54, 1.807) is 30.3 Å². The first-order valence-electron chi connectivity index (χ1n) is 9.80. The largest absolute Gasteiger partial charge is 0.493 e. The molecule has 2 aromatic heterocycles. The van der Waals surface area contributed by atoms with Crippen molar-refractivity contribution in [3.05, 3.63) is 60.2 Å². The van der Waals surface area contributed by atoms with E-state index in [9.17, 15) is 4.79 Å². The van der Waals surface area contributed by atoms with Crippen LogP contribution in [0.4, 0.5) is 0 Å². The van der Waals surface area contributed by atoms with Crippen LogP contribution < -0.4 is 9.47 Å². The summed E-state index contributed by atoms with van der Waals surface area (Å²) in [5.41, 5.74) is 2.23. The van der Waals surface area contributed by atoms with Crippen LogP contribution >= 0.6 is 0 Å². The van der Waals surface area contributed by atoms with Gasteiger partial charge in [0, 0.05) is 17.7 Å². The van der Waals surface area contributed by atoms with Crippen molar-refractivity contribution in [2.45, 2.75) is 19.8 Å². The number of aromatic nitrogens is 3. The number of hydrogen-bond donors (Lipinski definition) is 0.